The fourth-order valence-corrected chi connectivity index (χ4v) is 1.91. The molecule has 0 unspecified atom stereocenters. The van der Waals surface area contributed by atoms with Crippen LogP contribution < -0.4 is 8.91 Å². The molecule has 1 heterocycles. The summed E-state index contributed by atoms with van der Waals surface area (Å²) >= 11 is 0. The van der Waals surface area contributed by atoms with Gasteiger partial charge >= 0.3 is 10.3 Å². The molecule has 1 aliphatic rings. The SMILES string of the molecule is O=[N+]([O-])c1ccc2c(c1)NS(=O)(=O)O2. The van der Waals surface area contributed by atoms with Crippen LogP contribution in [0.1, 0.15) is 0 Å². The van der Waals surface area contributed by atoms with Crippen LogP contribution in [0.2, 0.25) is 0 Å². The molecular formula is C6H4N2O5S. The van der Waals surface area contributed by atoms with E-state index in [-0.39, 0.29) is 17.1 Å². The monoisotopic (exact) mass is 216 g/mol. The molecule has 0 bridgehead atoms. The number of nitrogens with zero attached hydrogens (tertiary/aromatic N) is 1. The molecule has 74 valence electrons. The van der Waals surface area contributed by atoms with Gasteiger partial charge in [-0.15, -0.1) is 0 Å². The van der Waals surface area contributed by atoms with E-state index in [2.05, 4.69) is 4.18 Å². The normalized spacial score (nSPS) is 16.6. The van der Waals surface area contributed by atoms with Crippen LogP contribution in [0.15, 0.2) is 18.2 Å². The standard InChI is InChI=1S/C6H4N2O5S/c9-8(10)4-1-2-6-5(3-4)7-14(11,12)13-6/h1-3,7H. The lowest BCUT2D eigenvalue weighted by molar-refractivity contribution is -0.384. The van der Waals surface area contributed by atoms with Gasteiger partial charge in [0.1, 0.15) is 5.69 Å². The van der Waals surface area contributed by atoms with Crippen LogP contribution in [0.3, 0.4) is 0 Å². The Morgan fingerprint density at radius 2 is 2.14 bits per heavy atom. The molecule has 1 aromatic carbocycles. The van der Waals surface area contributed by atoms with E-state index < -0.39 is 15.2 Å². The summed E-state index contributed by atoms with van der Waals surface area (Å²) in [6, 6.07) is 3.49. The van der Waals surface area contributed by atoms with Gasteiger partial charge < -0.3 is 4.18 Å². The molecule has 0 saturated carbocycles. The first-order chi connectivity index (χ1) is 6.48. The summed E-state index contributed by atoms with van der Waals surface area (Å²) in [5, 5.41) is 10.3. The number of nitrogens with one attached hydrogen (secondary N) is 1. The summed E-state index contributed by atoms with van der Waals surface area (Å²) in [5.74, 6) is 0.0654. The molecule has 0 aromatic heterocycles. The number of nitro benzene ring substituents is 1. The van der Waals surface area contributed by atoms with Gasteiger partial charge in [-0.25, -0.2) is 4.72 Å². The molecular weight excluding hydrogens is 212 g/mol. The van der Waals surface area contributed by atoms with Crippen molar-refractivity contribution in [2.24, 2.45) is 0 Å². The zero-order valence-electron chi connectivity index (χ0n) is 6.63. The highest BCUT2D eigenvalue weighted by molar-refractivity contribution is 7.88. The first kappa shape index (κ1) is 8.75. The summed E-state index contributed by atoms with van der Waals surface area (Å²) in [6.07, 6.45) is 0. The lowest BCUT2D eigenvalue weighted by atomic mass is 10.2. The molecule has 0 spiro atoms. The topological polar surface area (TPSA) is 98.5 Å². The Balaban J connectivity index is 2.50. The van der Waals surface area contributed by atoms with Crippen molar-refractivity contribution in [2.45, 2.75) is 0 Å². The van der Waals surface area contributed by atoms with Crippen molar-refractivity contribution in [3.8, 4) is 5.75 Å². The molecule has 1 N–H and O–H groups in total. The highest BCUT2D eigenvalue weighted by Crippen LogP contribution is 2.35. The fraction of sp³-hybridized carbons (Fsp3) is 0. The van der Waals surface area contributed by atoms with Gasteiger partial charge in [-0.2, -0.15) is 8.42 Å². The molecule has 8 heteroatoms. The number of nitro groups is 1. The van der Waals surface area contributed by atoms with E-state index in [1.807, 2.05) is 4.72 Å². The van der Waals surface area contributed by atoms with Gasteiger partial charge in [0.2, 0.25) is 0 Å². The Hall–Kier alpha value is -1.83. The summed E-state index contributed by atoms with van der Waals surface area (Å²) in [6.45, 7) is 0. The largest absolute Gasteiger partial charge is 0.407 e. The van der Waals surface area contributed by atoms with Crippen LogP contribution in [0.4, 0.5) is 11.4 Å². The van der Waals surface area contributed by atoms with Crippen molar-refractivity contribution in [3.05, 3.63) is 28.3 Å². The van der Waals surface area contributed by atoms with Gasteiger partial charge in [-0.3, -0.25) is 10.1 Å². The number of benzene rings is 1. The van der Waals surface area contributed by atoms with E-state index >= 15 is 0 Å². The van der Waals surface area contributed by atoms with Crippen molar-refractivity contribution in [1.82, 2.24) is 0 Å². The molecule has 0 aliphatic carbocycles. The zero-order chi connectivity index (χ0) is 10.3. The van der Waals surface area contributed by atoms with Crippen LogP contribution in [-0.2, 0) is 10.3 Å². The third-order valence-corrected chi connectivity index (χ3v) is 2.48. The van der Waals surface area contributed by atoms with E-state index in [0.29, 0.717) is 0 Å². The number of hydrogen-bond donors (Lipinski definition) is 1. The Bertz CT molecular complexity index is 509. The Labute approximate surface area is 78.7 Å². The summed E-state index contributed by atoms with van der Waals surface area (Å²) in [4.78, 5) is 9.73. The molecule has 0 radical (unpaired) electrons. The fourth-order valence-electron chi connectivity index (χ4n) is 1.06. The minimum absolute atomic E-state index is 0.0654. The maximum absolute atomic E-state index is 10.9. The highest BCUT2D eigenvalue weighted by Gasteiger charge is 2.26. The first-order valence-electron chi connectivity index (χ1n) is 3.49. The lowest BCUT2D eigenvalue weighted by Gasteiger charge is -1.93. The van der Waals surface area contributed by atoms with Crippen molar-refractivity contribution in [2.75, 3.05) is 4.72 Å². The predicted molar refractivity (Wildman–Crippen MR) is 46.3 cm³/mol. The molecule has 0 atom stereocenters. The molecule has 1 aromatic rings. The highest BCUT2D eigenvalue weighted by atomic mass is 32.2. The summed E-state index contributed by atoms with van der Waals surface area (Å²) < 4.78 is 28.2. The van der Waals surface area contributed by atoms with Gasteiger partial charge in [0, 0.05) is 12.1 Å². The van der Waals surface area contributed by atoms with E-state index in [1.54, 1.807) is 0 Å². The molecule has 0 amide bonds. The average molecular weight is 216 g/mol. The zero-order valence-corrected chi connectivity index (χ0v) is 7.45. The van der Waals surface area contributed by atoms with E-state index in [0.717, 1.165) is 6.07 Å². The first-order valence-corrected chi connectivity index (χ1v) is 4.89. The van der Waals surface area contributed by atoms with Crippen LogP contribution >= 0.6 is 0 Å². The summed E-state index contributed by atoms with van der Waals surface area (Å²) in [7, 11) is -3.82. The van der Waals surface area contributed by atoms with Crippen molar-refractivity contribution < 1.29 is 17.5 Å². The minimum Gasteiger partial charge on any atom is -0.365 e. The molecule has 2 rings (SSSR count). The Kier molecular flexibility index (Phi) is 1.61. The number of hydrogen-bond acceptors (Lipinski definition) is 5. The third-order valence-electron chi connectivity index (χ3n) is 1.61. The van der Waals surface area contributed by atoms with Gasteiger partial charge in [0.05, 0.1) is 4.92 Å². The van der Waals surface area contributed by atoms with Gasteiger partial charge in [0.25, 0.3) is 5.69 Å². The van der Waals surface area contributed by atoms with Crippen molar-refractivity contribution >= 4 is 21.7 Å². The molecule has 0 saturated heterocycles. The van der Waals surface area contributed by atoms with Gasteiger partial charge in [-0.1, -0.05) is 0 Å². The molecule has 0 fully saturated rings. The number of anilines is 1. The molecule has 14 heavy (non-hydrogen) atoms. The van der Waals surface area contributed by atoms with E-state index in [9.17, 15) is 18.5 Å². The number of fused-ring (bicyclic) bond motifs is 1. The van der Waals surface area contributed by atoms with E-state index in [1.165, 1.54) is 12.1 Å². The maximum atomic E-state index is 10.9. The van der Waals surface area contributed by atoms with Crippen LogP contribution in [0.25, 0.3) is 0 Å². The Morgan fingerprint density at radius 1 is 1.43 bits per heavy atom. The van der Waals surface area contributed by atoms with Crippen LogP contribution in [0, 0.1) is 10.1 Å². The second-order valence-electron chi connectivity index (χ2n) is 2.58. The number of rotatable bonds is 1. The van der Waals surface area contributed by atoms with E-state index in [4.69, 9.17) is 0 Å². The van der Waals surface area contributed by atoms with Gasteiger partial charge in [-0.05, 0) is 6.07 Å². The average Bonchev–Trinajstić information content (AvgIpc) is 2.36. The lowest BCUT2D eigenvalue weighted by Crippen LogP contribution is -2.10. The predicted octanol–water partition coefficient (Wildman–Crippen LogP) is 0.644. The molecule has 1 aliphatic heterocycles. The second-order valence-corrected chi connectivity index (χ2v) is 3.86. The van der Waals surface area contributed by atoms with Gasteiger partial charge in [0.15, 0.2) is 5.75 Å². The van der Waals surface area contributed by atoms with Crippen molar-refractivity contribution in [3.63, 3.8) is 0 Å². The van der Waals surface area contributed by atoms with Crippen LogP contribution in [0.5, 0.6) is 5.75 Å². The third kappa shape index (κ3) is 1.35. The molecule has 7 nitrogen and oxygen atoms in total. The van der Waals surface area contributed by atoms with Crippen LogP contribution in [-0.4, -0.2) is 13.3 Å². The Morgan fingerprint density at radius 3 is 2.79 bits per heavy atom. The smallest absolute Gasteiger partial charge is 0.365 e. The quantitative estimate of drug-likeness (QED) is 0.548. The summed E-state index contributed by atoms with van der Waals surface area (Å²) in [5.41, 5.74) is -0.115. The minimum atomic E-state index is -3.82. The second kappa shape index (κ2) is 2.58. The maximum Gasteiger partial charge on any atom is 0.407 e. The number of non-ortho nitro benzene ring substituents is 1. The van der Waals surface area contributed by atoms with Crippen molar-refractivity contribution in [1.29, 1.82) is 0 Å².